The average Bonchev–Trinajstić information content (AvgIpc) is 3.09. The van der Waals surface area contributed by atoms with Gasteiger partial charge in [0.2, 0.25) is 0 Å². The van der Waals surface area contributed by atoms with Gasteiger partial charge in [0.05, 0.1) is 28.2 Å². The number of ether oxygens (including phenoxy) is 1. The third-order valence-corrected chi connectivity index (χ3v) is 4.66. The molecule has 6 nitrogen and oxygen atoms in total. The Balaban J connectivity index is 2.20. The van der Waals surface area contributed by atoms with Gasteiger partial charge in [-0.1, -0.05) is 11.6 Å². The van der Waals surface area contributed by atoms with E-state index in [4.69, 9.17) is 21.7 Å². The number of carbonyl (C=O) groups excluding carboxylic acids is 1. The molecule has 0 fully saturated rings. The maximum absolute atomic E-state index is 13.5. The molecule has 3 rings (SSSR count). The number of fused-ring (bicyclic) bond motifs is 1. The third-order valence-electron chi connectivity index (χ3n) is 4.35. The van der Waals surface area contributed by atoms with Crippen molar-refractivity contribution < 1.29 is 13.9 Å². The maximum atomic E-state index is 13.5. The van der Waals surface area contributed by atoms with E-state index in [9.17, 15) is 9.18 Å². The summed E-state index contributed by atoms with van der Waals surface area (Å²) in [5, 5.41) is 11.6. The van der Waals surface area contributed by atoms with Gasteiger partial charge in [0.1, 0.15) is 18.0 Å². The number of hydrogen-bond acceptors (Lipinski definition) is 5. The molecular weight excluding hydrogens is 395 g/mol. The first-order chi connectivity index (χ1) is 13.9. The highest BCUT2D eigenvalue weighted by atomic mass is 35.5. The average molecular weight is 415 g/mol. The second-order valence-corrected chi connectivity index (χ2v) is 6.67. The van der Waals surface area contributed by atoms with E-state index >= 15 is 0 Å². The van der Waals surface area contributed by atoms with E-state index in [1.54, 1.807) is 56.1 Å². The lowest BCUT2D eigenvalue weighted by Crippen LogP contribution is -2.17. The molecule has 0 aliphatic carbocycles. The summed E-state index contributed by atoms with van der Waals surface area (Å²) in [6, 6.07) is 9.13. The fraction of sp³-hybridized carbons (Fsp3) is 0.190. The Kier molecular flexibility index (Phi) is 5.98. The van der Waals surface area contributed by atoms with Crippen LogP contribution in [-0.2, 0) is 4.74 Å². The van der Waals surface area contributed by atoms with Crippen LogP contribution in [0.4, 0.5) is 4.39 Å². The molecule has 0 aliphatic heterocycles. The van der Waals surface area contributed by atoms with Crippen LogP contribution in [0.2, 0.25) is 5.02 Å². The van der Waals surface area contributed by atoms with E-state index in [1.165, 1.54) is 12.1 Å². The Labute approximate surface area is 172 Å². The van der Waals surface area contributed by atoms with Crippen molar-refractivity contribution in [2.24, 2.45) is 0 Å². The highest BCUT2D eigenvalue weighted by Gasteiger charge is 2.18. The van der Waals surface area contributed by atoms with Gasteiger partial charge in [-0.25, -0.2) is 14.2 Å². The summed E-state index contributed by atoms with van der Waals surface area (Å²) in [5.41, 5.74) is 2.99. The predicted octanol–water partition coefficient (Wildman–Crippen LogP) is 4.59. The van der Waals surface area contributed by atoms with Gasteiger partial charge in [-0.05, 0) is 50.2 Å². The van der Waals surface area contributed by atoms with Crippen LogP contribution in [0.1, 0.15) is 29.8 Å². The number of nitrogens with one attached hydrogen (secondary N) is 2. The highest BCUT2D eigenvalue weighted by Crippen LogP contribution is 2.30. The second kappa shape index (κ2) is 8.45. The number of rotatable bonds is 6. The molecule has 2 N–H and O–H groups in total. The number of benzene rings is 2. The summed E-state index contributed by atoms with van der Waals surface area (Å²) in [5.74, 6) is -0.314. The van der Waals surface area contributed by atoms with Gasteiger partial charge < -0.3 is 15.5 Å². The monoisotopic (exact) mass is 414 g/mol. The summed E-state index contributed by atoms with van der Waals surface area (Å²) in [4.78, 5) is 16.4. The Morgan fingerprint density at radius 2 is 2.07 bits per heavy atom. The zero-order valence-electron chi connectivity index (χ0n) is 16.2. The van der Waals surface area contributed by atoms with Gasteiger partial charge in [0, 0.05) is 23.9 Å². The molecular formula is C21H20ClFN4O2. The van der Waals surface area contributed by atoms with E-state index in [0.717, 1.165) is 5.52 Å². The molecule has 0 aliphatic rings. The molecule has 0 radical (unpaired) electrons. The minimum Gasteiger partial charge on any atom is -0.462 e. The Bertz CT molecular complexity index is 1140. The lowest BCUT2D eigenvalue weighted by molar-refractivity contribution is 0.0526. The quantitative estimate of drug-likeness (QED) is 0.456. The SMILES string of the molecule is CCOC(=O)c1ccc2c(c1)ncn2/C(NC)=C(/C(C)=N)c1ccc(F)cc1Cl. The molecule has 29 heavy (non-hydrogen) atoms. The fourth-order valence-corrected chi connectivity index (χ4v) is 3.36. The fourth-order valence-electron chi connectivity index (χ4n) is 3.10. The van der Waals surface area contributed by atoms with Crippen LogP contribution in [0.25, 0.3) is 22.4 Å². The molecule has 8 heteroatoms. The van der Waals surface area contributed by atoms with Crippen LogP contribution in [-0.4, -0.2) is 34.9 Å². The summed E-state index contributed by atoms with van der Waals surface area (Å²) in [7, 11) is 1.72. The number of halogens is 2. The molecule has 2 aromatic carbocycles. The summed E-state index contributed by atoms with van der Waals surface area (Å²) in [6.07, 6.45) is 1.59. The number of nitrogens with zero attached hydrogens (tertiary/aromatic N) is 2. The first-order valence-electron chi connectivity index (χ1n) is 8.95. The van der Waals surface area contributed by atoms with Gasteiger partial charge in [-0.2, -0.15) is 0 Å². The van der Waals surface area contributed by atoms with Crippen LogP contribution >= 0.6 is 11.6 Å². The Morgan fingerprint density at radius 1 is 1.31 bits per heavy atom. The molecule has 0 saturated carbocycles. The number of carbonyl (C=O) groups is 1. The maximum Gasteiger partial charge on any atom is 0.338 e. The Morgan fingerprint density at radius 3 is 2.69 bits per heavy atom. The van der Waals surface area contributed by atoms with Gasteiger partial charge in [-0.15, -0.1) is 0 Å². The van der Waals surface area contributed by atoms with Crippen LogP contribution in [0.5, 0.6) is 0 Å². The molecule has 150 valence electrons. The summed E-state index contributed by atoms with van der Waals surface area (Å²) >= 11 is 6.26. The second-order valence-electron chi connectivity index (χ2n) is 6.26. The molecule has 1 aromatic heterocycles. The minimum atomic E-state index is -0.452. The first kappa shape index (κ1) is 20.5. The predicted molar refractivity (Wildman–Crippen MR) is 113 cm³/mol. The molecule has 3 aromatic rings. The molecule has 0 amide bonds. The van der Waals surface area contributed by atoms with Crippen molar-refractivity contribution in [2.45, 2.75) is 13.8 Å². The van der Waals surface area contributed by atoms with Crippen LogP contribution in [0, 0.1) is 11.2 Å². The third kappa shape index (κ3) is 4.00. The lowest BCUT2D eigenvalue weighted by atomic mass is 10.0. The van der Waals surface area contributed by atoms with E-state index in [2.05, 4.69) is 10.3 Å². The van der Waals surface area contributed by atoms with Crippen molar-refractivity contribution in [1.82, 2.24) is 14.9 Å². The topological polar surface area (TPSA) is 80.0 Å². The number of allylic oxidation sites excluding steroid dienone is 1. The normalized spacial score (nSPS) is 11.9. The van der Waals surface area contributed by atoms with Crippen molar-refractivity contribution in [3.63, 3.8) is 0 Å². The number of imidazole rings is 1. The van der Waals surface area contributed by atoms with Gasteiger partial charge in [-0.3, -0.25) is 4.57 Å². The number of esters is 1. The van der Waals surface area contributed by atoms with Gasteiger partial charge in [0.15, 0.2) is 0 Å². The van der Waals surface area contributed by atoms with Crippen molar-refractivity contribution in [1.29, 1.82) is 5.41 Å². The van der Waals surface area contributed by atoms with E-state index in [1.807, 2.05) is 0 Å². The van der Waals surface area contributed by atoms with E-state index in [0.29, 0.717) is 34.6 Å². The van der Waals surface area contributed by atoms with Crippen molar-refractivity contribution in [3.05, 3.63) is 64.7 Å². The molecule has 1 heterocycles. The summed E-state index contributed by atoms with van der Waals surface area (Å²) in [6.45, 7) is 3.67. The first-order valence-corrected chi connectivity index (χ1v) is 9.32. The van der Waals surface area contributed by atoms with E-state index in [-0.39, 0.29) is 10.7 Å². The molecule has 0 saturated heterocycles. The standard InChI is InChI=1S/C21H20ClFN4O2/c1-4-29-21(28)13-5-8-18-17(9-13)26-11-27(18)20(25-3)19(12(2)24)15-7-6-14(23)10-16(15)22/h5-11,24-25H,4H2,1-3H3/b20-19-,24-12?. The lowest BCUT2D eigenvalue weighted by Gasteiger charge is -2.17. The van der Waals surface area contributed by atoms with E-state index < -0.39 is 11.8 Å². The Hall–Kier alpha value is -3.19. The van der Waals surface area contributed by atoms with Crippen molar-refractivity contribution in [3.8, 4) is 0 Å². The van der Waals surface area contributed by atoms with Crippen LogP contribution in [0.15, 0.2) is 42.7 Å². The minimum absolute atomic E-state index is 0.202. The van der Waals surface area contributed by atoms with Crippen LogP contribution < -0.4 is 5.32 Å². The highest BCUT2D eigenvalue weighted by molar-refractivity contribution is 6.36. The molecule has 0 unspecified atom stereocenters. The van der Waals surface area contributed by atoms with Crippen molar-refractivity contribution >= 4 is 45.7 Å². The van der Waals surface area contributed by atoms with Crippen molar-refractivity contribution in [2.75, 3.05) is 13.7 Å². The molecule has 0 atom stereocenters. The zero-order chi connectivity index (χ0) is 21.1. The molecule has 0 bridgehead atoms. The van der Waals surface area contributed by atoms with Gasteiger partial charge in [0.25, 0.3) is 0 Å². The van der Waals surface area contributed by atoms with Gasteiger partial charge >= 0.3 is 5.97 Å². The van der Waals surface area contributed by atoms with Crippen LogP contribution in [0.3, 0.4) is 0 Å². The summed E-state index contributed by atoms with van der Waals surface area (Å²) < 4.78 is 20.3. The smallest absolute Gasteiger partial charge is 0.338 e. The largest absolute Gasteiger partial charge is 0.462 e. The number of aromatic nitrogens is 2. The molecule has 0 spiro atoms. The zero-order valence-corrected chi connectivity index (χ0v) is 17.0. The number of hydrogen-bond donors (Lipinski definition) is 2.